The maximum Gasteiger partial charge on any atom is 0.248 e. The lowest BCUT2D eigenvalue weighted by Gasteiger charge is -2.23. The van der Waals surface area contributed by atoms with Gasteiger partial charge >= 0.3 is 0 Å². The van der Waals surface area contributed by atoms with Gasteiger partial charge in [0.2, 0.25) is 10.0 Å². The molecular weight excluding hydrogens is 293 g/mol. The molecule has 0 bridgehead atoms. The van der Waals surface area contributed by atoms with Crippen LogP contribution in [0.5, 0.6) is 0 Å². The molecule has 0 aliphatic heterocycles. The monoisotopic (exact) mass is 310 g/mol. The lowest BCUT2D eigenvalue weighted by Crippen LogP contribution is -2.37. The normalized spacial score (nSPS) is 13.8. The predicted molar refractivity (Wildman–Crippen MR) is 69.0 cm³/mol. The Hall–Kier alpha value is -1.12. The van der Waals surface area contributed by atoms with E-state index in [-0.39, 0.29) is 25.6 Å². The second-order valence-corrected chi connectivity index (χ2v) is 6.37. The first-order valence-corrected chi connectivity index (χ1v) is 7.52. The molecule has 114 valence electrons. The van der Waals surface area contributed by atoms with Crippen LogP contribution >= 0.6 is 0 Å². The van der Waals surface area contributed by atoms with Crippen LogP contribution in [0.2, 0.25) is 0 Å². The second kappa shape index (κ2) is 6.55. The van der Waals surface area contributed by atoms with E-state index in [2.05, 4.69) is 0 Å². The third kappa shape index (κ3) is 3.50. The minimum Gasteiger partial charge on any atom is -0.330 e. The predicted octanol–water partition coefficient (Wildman–Crippen LogP) is 1.71. The second-order valence-electron chi connectivity index (χ2n) is 4.50. The minimum absolute atomic E-state index is 0.0307. The summed E-state index contributed by atoms with van der Waals surface area (Å²) in [5, 5.41) is 0. The zero-order chi connectivity index (χ0) is 15.5. The molecule has 0 spiro atoms. The van der Waals surface area contributed by atoms with Gasteiger partial charge in [0, 0.05) is 25.2 Å². The van der Waals surface area contributed by atoms with E-state index in [1.807, 2.05) is 0 Å². The van der Waals surface area contributed by atoms with Crippen molar-refractivity contribution in [3.05, 3.63) is 29.6 Å². The Balaban J connectivity index is 3.28. The van der Waals surface area contributed by atoms with E-state index in [9.17, 15) is 21.6 Å². The zero-order valence-corrected chi connectivity index (χ0v) is 12.1. The maximum atomic E-state index is 13.6. The highest BCUT2D eigenvalue weighted by atomic mass is 32.2. The summed E-state index contributed by atoms with van der Waals surface area (Å²) < 4.78 is 65.5. The minimum atomic E-state index is -4.37. The lowest BCUT2D eigenvalue weighted by atomic mass is 10.2. The number of rotatable bonds is 6. The summed E-state index contributed by atoms with van der Waals surface area (Å²) in [5.74, 6) is -4.23. The number of benzene rings is 1. The van der Waals surface area contributed by atoms with Crippen LogP contribution in [0.1, 0.15) is 13.8 Å². The van der Waals surface area contributed by atoms with Gasteiger partial charge in [0.1, 0.15) is 17.5 Å². The summed E-state index contributed by atoms with van der Waals surface area (Å²) in [6, 6.07) is 0.687. The van der Waals surface area contributed by atoms with Gasteiger partial charge in [0.15, 0.2) is 4.90 Å². The molecule has 1 aromatic rings. The SMILES string of the molecule is CCN(CC(C)CN)S(=O)(=O)c1c(F)cc(F)cc1F. The Morgan fingerprint density at radius 3 is 2.15 bits per heavy atom. The van der Waals surface area contributed by atoms with Crippen molar-refractivity contribution < 1.29 is 21.6 Å². The van der Waals surface area contributed by atoms with Crippen molar-refractivity contribution in [2.45, 2.75) is 18.7 Å². The van der Waals surface area contributed by atoms with Crippen LogP contribution in [0.25, 0.3) is 0 Å². The standard InChI is InChI=1S/C12H17F3N2O2S/c1-3-17(7-8(2)6-16)20(18,19)12-10(14)4-9(13)5-11(12)15/h4-5,8H,3,6-7,16H2,1-2H3. The largest absolute Gasteiger partial charge is 0.330 e. The van der Waals surface area contributed by atoms with Crippen LogP contribution in [0.3, 0.4) is 0 Å². The van der Waals surface area contributed by atoms with Gasteiger partial charge in [0.25, 0.3) is 0 Å². The van der Waals surface area contributed by atoms with E-state index < -0.39 is 32.4 Å². The van der Waals surface area contributed by atoms with Gasteiger partial charge in [-0.05, 0) is 12.5 Å². The third-order valence-corrected chi connectivity index (χ3v) is 4.82. The molecule has 0 aliphatic carbocycles. The number of hydrogen-bond donors (Lipinski definition) is 1. The summed E-state index contributed by atoms with van der Waals surface area (Å²) in [5.41, 5.74) is 5.42. The van der Waals surface area contributed by atoms with Gasteiger partial charge in [-0.3, -0.25) is 0 Å². The van der Waals surface area contributed by atoms with Crippen molar-refractivity contribution >= 4 is 10.0 Å². The fourth-order valence-electron chi connectivity index (χ4n) is 1.72. The number of nitrogens with two attached hydrogens (primary N) is 1. The first-order chi connectivity index (χ1) is 9.23. The van der Waals surface area contributed by atoms with Gasteiger partial charge < -0.3 is 5.73 Å². The van der Waals surface area contributed by atoms with E-state index in [4.69, 9.17) is 5.73 Å². The molecule has 1 rings (SSSR count). The molecule has 0 amide bonds. The Bertz CT molecular complexity index is 555. The first-order valence-electron chi connectivity index (χ1n) is 6.08. The van der Waals surface area contributed by atoms with Crippen molar-refractivity contribution in [3.63, 3.8) is 0 Å². The quantitative estimate of drug-likeness (QED) is 0.870. The molecule has 0 radical (unpaired) electrons. The average molecular weight is 310 g/mol. The van der Waals surface area contributed by atoms with E-state index in [0.717, 1.165) is 4.31 Å². The van der Waals surface area contributed by atoms with Gasteiger partial charge in [-0.2, -0.15) is 4.31 Å². The molecular formula is C12H17F3N2O2S. The molecule has 1 aromatic carbocycles. The van der Waals surface area contributed by atoms with Crippen LogP contribution in [-0.4, -0.2) is 32.4 Å². The molecule has 0 saturated carbocycles. The Labute approximate surface area is 116 Å². The van der Waals surface area contributed by atoms with Crippen LogP contribution in [-0.2, 0) is 10.0 Å². The summed E-state index contributed by atoms with van der Waals surface area (Å²) >= 11 is 0. The van der Waals surface area contributed by atoms with E-state index in [0.29, 0.717) is 12.1 Å². The molecule has 0 fully saturated rings. The number of hydrogen-bond acceptors (Lipinski definition) is 3. The summed E-state index contributed by atoms with van der Waals surface area (Å²) in [7, 11) is -4.37. The van der Waals surface area contributed by atoms with Crippen LogP contribution < -0.4 is 5.73 Å². The van der Waals surface area contributed by atoms with E-state index >= 15 is 0 Å². The van der Waals surface area contributed by atoms with E-state index in [1.54, 1.807) is 13.8 Å². The molecule has 2 N–H and O–H groups in total. The molecule has 0 heterocycles. The number of nitrogens with zero attached hydrogens (tertiary/aromatic N) is 1. The number of sulfonamides is 1. The Morgan fingerprint density at radius 2 is 1.75 bits per heavy atom. The lowest BCUT2D eigenvalue weighted by molar-refractivity contribution is 0.365. The zero-order valence-electron chi connectivity index (χ0n) is 11.2. The van der Waals surface area contributed by atoms with Gasteiger partial charge in [-0.1, -0.05) is 13.8 Å². The van der Waals surface area contributed by atoms with Crippen molar-refractivity contribution in [2.24, 2.45) is 11.7 Å². The molecule has 8 heteroatoms. The van der Waals surface area contributed by atoms with Gasteiger partial charge in [0.05, 0.1) is 0 Å². The maximum absolute atomic E-state index is 13.6. The van der Waals surface area contributed by atoms with Crippen molar-refractivity contribution in [1.82, 2.24) is 4.31 Å². The molecule has 0 aliphatic rings. The fourth-order valence-corrected chi connectivity index (χ4v) is 3.38. The highest BCUT2D eigenvalue weighted by Crippen LogP contribution is 2.24. The molecule has 4 nitrogen and oxygen atoms in total. The van der Waals surface area contributed by atoms with Crippen LogP contribution in [0.15, 0.2) is 17.0 Å². The van der Waals surface area contributed by atoms with Crippen molar-refractivity contribution in [3.8, 4) is 0 Å². The summed E-state index contributed by atoms with van der Waals surface area (Å²) in [6.07, 6.45) is 0. The molecule has 20 heavy (non-hydrogen) atoms. The van der Waals surface area contributed by atoms with E-state index in [1.165, 1.54) is 0 Å². The van der Waals surface area contributed by atoms with Gasteiger partial charge in [-0.25, -0.2) is 21.6 Å². The topological polar surface area (TPSA) is 63.4 Å². The first kappa shape index (κ1) is 16.9. The third-order valence-electron chi connectivity index (χ3n) is 2.83. The van der Waals surface area contributed by atoms with Crippen molar-refractivity contribution in [2.75, 3.05) is 19.6 Å². The smallest absolute Gasteiger partial charge is 0.248 e. The van der Waals surface area contributed by atoms with Crippen LogP contribution in [0, 0.1) is 23.4 Å². The highest BCUT2D eigenvalue weighted by molar-refractivity contribution is 7.89. The summed E-state index contributed by atoms with van der Waals surface area (Å²) in [4.78, 5) is -1.13. The van der Waals surface area contributed by atoms with Crippen LogP contribution in [0.4, 0.5) is 13.2 Å². The summed E-state index contributed by atoms with van der Waals surface area (Å²) in [6.45, 7) is 3.56. The van der Waals surface area contributed by atoms with Crippen molar-refractivity contribution in [1.29, 1.82) is 0 Å². The molecule has 0 aromatic heterocycles. The molecule has 1 atom stereocenters. The van der Waals surface area contributed by atoms with Gasteiger partial charge in [-0.15, -0.1) is 0 Å². The fraction of sp³-hybridized carbons (Fsp3) is 0.500. The molecule has 0 saturated heterocycles. The Kier molecular flexibility index (Phi) is 5.55. The Morgan fingerprint density at radius 1 is 1.25 bits per heavy atom. The number of halogens is 3. The highest BCUT2D eigenvalue weighted by Gasteiger charge is 2.31. The average Bonchev–Trinajstić information content (AvgIpc) is 2.33. The molecule has 1 unspecified atom stereocenters.